The van der Waals surface area contributed by atoms with Crippen LogP contribution in [0.15, 0.2) is 0 Å². The maximum atomic E-state index is 11.8. The number of esters is 3. The first-order chi connectivity index (χ1) is 12.5. The Kier molecular flexibility index (Phi) is 10.7. The van der Waals surface area contributed by atoms with Gasteiger partial charge in [-0.05, 0) is 0 Å². The number of carbonyl (C=O) groups is 5. The molecule has 158 valence electrons. The van der Waals surface area contributed by atoms with E-state index in [2.05, 4.69) is 84.8 Å². The monoisotopic (exact) mass is 510 g/mol. The van der Waals surface area contributed by atoms with Gasteiger partial charge in [-0.25, -0.2) is 14.4 Å². The van der Waals surface area contributed by atoms with E-state index < -0.39 is 67.3 Å². The number of thiol groups is 5. The fraction of sp³-hybridized carbons (Fsp3) is 0.500. The van der Waals surface area contributed by atoms with Gasteiger partial charge in [-0.1, -0.05) is 12.2 Å². The normalized spacial score (nSPS) is 13.8. The smallest absolute Gasteiger partial charge is 0.354 e. The molecule has 0 amide bonds. The zero-order chi connectivity index (χ0) is 22.4. The van der Waals surface area contributed by atoms with Gasteiger partial charge in [0.1, 0.15) is 10.1 Å². The Morgan fingerprint density at radius 3 is 1.68 bits per heavy atom. The molecular weight excluding hydrogens is 497 g/mol. The van der Waals surface area contributed by atoms with Gasteiger partial charge in [0, 0.05) is 0 Å². The van der Waals surface area contributed by atoms with E-state index in [1.807, 2.05) is 0 Å². The number of rotatable bonds is 10. The molecule has 0 fully saturated rings. The maximum Gasteiger partial charge on any atom is 0.354 e. The summed E-state index contributed by atoms with van der Waals surface area (Å²) in [5, 5.41) is 25.7. The third-order valence-corrected chi connectivity index (χ3v) is 5.17. The molecule has 0 radical (unpaired) electrons. The number of carboxylic acids is 2. The number of hydrogen-bond acceptors (Lipinski definition) is 14. The minimum Gasteiger partial charge on any atom is -0.480 e. The molecule has 0 aliphatic rings. The van der Waals surface area contributed by atoms with Crippen molar-refractivity contribution in [3.8, 4) is 0 Å². The van der Waals surface area contributed by atoms with E-state index in [9.17, 15) is 29.1 Å². The Morgan fingerprint density at radius 2 is 1.29 bits per heavy atom. The summed E-state index contributed by atoms with van der Waals surface area (Å²) in [6.45, 7) is 0. The lowest BCUT2D eigenvalue weighted by molar-refractivity contribution is -0.168. The largest absolute Gasteiger partial charge is 0.480 e. The molecule has 0 aliphatic carbocycles. The van der Waals surface area contributed by atoms with Crippen molar-refractivity contribution in [3.05, 3.63) is 0 Å². The first kappa shape index (κ1) is 27.4. The number of aliphatic hydroxyl groups excluding tert-OH is 1. The van der Waals surface area contributed by atoms with Crippen LogP contribution in [0.3, 0.4) is 0 Å². The van der Waals surface area contributed by atoms with Crippen LogP contribution in [0.25, 0.3) is 0 Å². The molecule has 0 spiro atoms. The van der Waals surface area contributed by atoms with Gasteiger partial charge in [0.25, 0.3) is 0 Å². The van der Waals surface area contributed by atoms with Crippen LogP contribution in [0.5, 0.6) is 0 Å². The highest BCUT2D eigenvalue weighted by Gasteiger charge is 2.37. The second-order valence-electron chi connectivity index (χ2n) is 5.05. The van der Waals surface area contributed by atoms with Crippen LogP contribution in [-0.2, 0) is 33.4 Å². The van der Waals surface area contributed by atoms with Crippen molar-refractivity contribution in [2.45, 2.75) is 32.5 Å². The highest BCUT2D eigenvalue weighted by molar-refractivity contribution is 8.02. The molecule has 2 unspecified atom stereocenters. The Labute approximate surface area is 190 Å². The van der Waals surface area contributed by atoms with Gasteiger partial charge in [0.2, 0.25) is 6.29 Å². The molecule has 3 N–H and O–H groups in total. The van der Waals surface area contributed by atoms with Gasteiger partial charge in [0.15, 0.2) is 8.16 Å². The molecule has 0 rings (SSSR count). The van der Waals surface area contributed by atoms with Crippen molar-refractivity contribution in [1.29, 1.82) is 0 Å². The van der Waals surface area contributed by atoms with Crippen LogP contribution in [0, 0.1) is 0 Å². The quantitative estimate of drug-likeness (QED) is 0.0637. The van der Waals surface area contributed by atoms with Crippen LogP contribution in [-0.4, -0.2) is 69.7 Å². The van der Waals surface area contributed by atoms with Gasteiger partial charge < -0.3 is 24.8 Å². The number of ether oxygens (including phenoxy) is 2. The fourth-order valence-corrected chi connectivity index (χ4v) is 2.08. The summed E-state index contributed by atoms with van der Waals surface area (Å²) >= 11 is 22.9. The summed E-state index contributed by atoms with van der Waals surface area (Å²) in [4.78, 5) is 55.8. The van der Waals surface area contributed by atoms with E-state index in [-0.39, 0.29) is 0 Å². The molecule has 0 bridgehead atoms. The Hall–Kier alpha value is -0.650. The third kappa shape index (κ3) is 8.79. The Bertz CT molecular complexity index is 690. The standard InChI is InChI=1S/C12H14O10S6/c13-3(1-11(25,26)9(17)18)21-7(15)5(23)6(24)8(16)22-4(14)2-12(27,28)10(19)20/h5,7,15,23,25-28H,1-2H2,(H,17,18)(H,19,20). The molecule has 0 aromatic rings. The van der Waals surface area contributed by atoms with Crippen LogP contribution < -0.4 is 0 Å². The second kappa shape index (κ2) is 10.9. The first-order valence-corrected chi connectivity index (χ1v) is 9.43. The summed E-state index contributed by atoms with van der Waals surface area (Å²) in [6, 6.07) is 0. The molecule has 10 nitrogen and oxygen atoms in total. The van der Waals surface area contributed by atoms with Crippen molar-refractivity contribution < 1.29 is 48.8 Å². The number of carboxylic acid groups (broad SMARTS) is 2. The number of thiocarbonyl (C=S) groups is 1. The lowest BCUT2D eigenvalue weighted by atomic mass is 10.2. The molecule has 2 atom stereocenters. The molecule has 28 heavy (non-hydrogen) atoms. The molecule has 0 heterocycles. The lowest BCUT2D eigenvalue weighted by Gasteiger charge is -2.21. The van der Waals surface area contributed by atoms with Gasteiger partial charge in [-0.3, -0.25) is 9.59 Å². The zero-order valence-electron chi connectivity index (χ0n) is 13.4. The highest BCUT2D eigenvalue weighted by Crippen LogP contribution is 2.26. The average molecular weight is 511 g/mol. The van der Waals surface area contributed by atoms with Crippen LogP contribution in [0.2, 0.25) is 0 Å². The zero-order valence-corrected chi connectivity index (χ0v) is 18.7. The second-order valence-corrected chi connectivity index (χ2v) is 9.80. The van der Waals surface area contributed by atoms with E-state index in [1.165, 1.54) is 0 Å². The van der Waals surface area contributed by atoms with E-state index in [4.69, 9.17) is 10.2 Å². The topological polar surface area (TPSA) is 164 Å². The minimum absolute atomic E-state index is 0.780. The van der Waals surface area contributed by atoms with Crippen molar-refractivity contribution >= 4 is 110 Å². The number of aliphatic hydroxyl groups is 1. The Morgan fingerprint density at radius 1 is 0.893 bits per heavy atom. The molecule has 0 aliphatic heterocycles. The van der Waals surface area contributed by atoms with E-state index in [1.54, 1.807) is 0 Å². The first-order valence-electron chi connectivity index (χ1n) is 6.72. The fourth-order valence-electron chi connectivity index (χ4n) is 1.23. The molecule has 0 aromatic heterocycles. The van der Waals surface area contributed by atoms with Crippen molar-refractivity contribution in [2.75, 3.05) is 0 Å². The number of aliphatic carboxylic acids is 2. The number of hydrogen-bond donors (Lipinski definition) is 8. The van der Waals surface area contributed by atoms with Gasteiger partial charge in [0.05, 0.1) is 12.8 Å². The summed E-state index contributed by atoms with van der Waals surface area (Å²) in [5.74, 6) is -7.14. The lowest BCUT2D eigenvalue weighted by Crippen LogP contribution is -2.39. The summed E-state index contributed by atoms with van der Waals surface area (Å²) < 4.78 is 4.60. The summed E-state index contributed by atoms with van der Waals surface area (Å²) in [5.41, 5.74) is 0. The highest BCUT2D eigenvalue weighted by atomic mass is 32.2. The third-order valence-electron chi connectivity index (χ3n) is 2.67. The molecular formula is C12H14O10S6. The molecule has 0 saturated carbocycles. The molecule has 16 heteroatoms. The number of carbonyl (C=O) groups excluding carboxylic acids is 3. The van der Waals surface area contributed by atoms with Gasteiger partial charge in [-0.2, -0.15) is 12.6 Å². The van der Waals surface area contributed by atoms with E-state index in [0.29, 0.717) is 0 Å². The summed E-state index contributed by atoms with van der Waals surface area (Å²) in [6.07, 6.45) is -3.87. The minimum atomic E-state index is -2.11. The van der Waals surface area contributed by atoms with E-state index in [0.717, 1.165) is 0 Å². The SMILES string of the molecule is O=C(CC(S)(S)C(=O)O)OC(=O)C(=S)C(S)C(O)OC(=O)CC(S)(S)C(=O)O. The predicted octanol–water partition coefficient (Wildman–Crippen LogP) is -0.353. The van der Waals surface area contributed by atoms with Crippen LogP contribution in [0.1, 0.15) is 12.8 Å². The van der Waals surface area contributed by atoms with Crippen molar-refractivity contribution in [1.82, 2.24) is 0 Å². The predicted molar refractivity (Wildman–Crippen MR) is 114 cm³/mol. The Balaban J connectivity index is 4.81. The summed E-state index contributed by atoms with van der Waals surface area (Å²) in [7, 11) is 0. The van der Waals surface area contributed by atoms with E-state index >= 15 is 0 Å². The van der Waals surface area contributed by atoms with Crippen LogP contribution in [0.4, 0.5) is 0 Å². The molecule has 0 aromatic carbocycles. The molecule has 0 saturated heterocycles. The van der Waals surface area contributed by atoms with Gasteiger partial charge in [-0.15, -0.1) is 50.5 Å². The maximum absolute atomic E-state index is 11.8. The van der Waals surface area contributed by atoms with Crippen molar-refractivity contribution in [3.63, 3.8) is 0 Å². The van der Waals surface area contributed by atoms with Gasteiger partial charge >= 0.3 is 29.8 Å². The average Bonchev–Trinajstić information content (AvgIpc) is 2.51. The van der Waals surface area contributed by atoms with Crippen molar-refractivity contribution in [2.24, 2.45) is 0 Å². The van der Waals surface area contributed by atoms with Crippen LogP contribution >= 0.6 is 75.4 Å².